The molecule has 0 unspecified atom stereocenters. The maximum atomic E-state index is 11.3. The molecule has 2 rings (SSSR count). The molecule has 16 heavy (non-hydrogen) atoms. The summed E-state index contributed by atoms with van der Waals surface area (Å²) in [5, 5.41) is 0. The van der Waals surface area contributed by atoms with Crippen LogP contribution in [0.4, 0.5) is 0 Å². The molecule has 94 valence electrons. The first kappa shape index (κ1) is 12.7. The van der Waals surface area contributed by atoms with Crippen LogP contribution in [0.2, 0.25) is 0 Å². The van der Waals surface area contributed by atoms with Gasteiger partial charge in [-0.05, 0) is 12.8 Å². The van der Waals surface area contributed by atoms with Crippen LogP contribution in [0.5, 0.6) is 0 Å². The number of piperazine rings is 1. The van der Waals surface area contributed by atoms with Crippen molar-refractivity contribution in [1.82, 2.24) is 9.80 Å². The minimum atomic E-state index is -2.72. The number of hydrogen-bond donors (Lipinski definition) is 1. The predicted octanol–water partition coefficient (Wildman–Crippen LogP) is 0.0685. The van der Waals surface area contributed by atoms with Gasteiger partial charge in [0.1, 0.15) is 9.84 Å². The second kappa shape index (κ2) is 5.25. The van der Waals surface area contributed by atoms with Gasteiger partial charge in [0, 0.05) is 38.1 Å². The van der Waals surface area contributed by atoms with E-state index in [4.69, 9.17) is 0 Å². The van der Waals surface area contributed by atoms with Crippen molar-refractivity contribution in [3.05, 3.63) is 0 Å². The zero-order chi connectivity index (χ0) is 11.6. The fourth-order valence-electron chi connectivity index (χ4n) is 2.51. The second-order valence-electron chi connectivity index (χ2n) is 4.68. The highest BCUT2D eigenvalue weighted by Crippen LogP contribution is 2.19. The lowest BCUT2D eigenvalue weighted by Gasteiger charge is -2.40. The lowest BCUT2D eigenvalue weighted by Crippen LogP contribution is -2.51. The first-order valence-corrected chi connectivity index (χ1v) is 8.34. The highest BCUT2D eigenvalue weighted by Gasteiger charge is 2.29. The van der Waals surface area contributed by atoms with Gasteiger partial charge >= 0.3 is 0 Å². The first-order chi connectivity index (χ1) is 7.61. The third-order valence-corrected chi connectivity index (χ3v) is 5.76. The van der Waals surface area contributed by atoms with Crippen molar-refractivity contribution in [2.45, 2.75) is 18.9 Å². The van der Waals surface area contributed by atoms with Gasteiger partial charge < -0.3 is 0 Å². The molecular weight excluding hydrogens is 244 g/mol. The highest BCUT2D eigenvalue weighted by atomic mass is 32.2. The second-order valence-corrected chi connectivity index (χ2v) is 7.26. The fourth-order valence-corrected chi connectivity index (χ4v) is 4.26. The van der Waals surface area contributed by atoms with Gasteiger partial charge in [0.05, 0.1) is 11.5 Å². The summed E-state index contributed by atoms with van der Waals surface area (Å²) < 4.78 is 22.7. The molecule has 0 saturated carbocycles. The zero-order valence-electron chi connectivity index (χ0n) is 9.51. The van der Waals surface area contributed by atoms with Crippen LogP contribution in [0.3, 0.4) is 0 Å². The van der Waals surface area contributed by atoms with Crippen LogP contribution in [-0.2, 0) is 9.84 Å². The van der Waals surface area contributed by atoms with Crippen LogP contribution in [0.15, 0.2) is 0 Å². The maximum absolute atomic E-state index is 11.3. The van der Waals surface area contributed by atoms with Crippen molar-refractivity contribution in [2.24, 2.45) is 0 Å². The lowest BCUT2D eigenvalue weighted by molar-refractivity contribution is 0.103. The highest BCUT2D eigenvalue weighted by molar-refractivity contribution is 7.91. The Bertz CT molecular complexity index is 310. The number of rotatable bonds is 2. The largest absolute Gasteiger partial charge is 0.298 e. The molecular formula is C10H20N2O2S2. The van der Waals surface area contributed by atoms with Crippen LogP contribution < -0.4 is 0 Å². The average molecular weight is 264 g/mol. The van der Waals surface area contributed by atoms with E-state index in [1.165, 1.54) is 0 Å². The van der Waals surface area contributed by atoms with Crippen LogP contribution >= 0.6 is 12.6 Å². The molecule has 2 heterocycles. The molecule has 0 aromatic carbocycles. The summed E-state index contributed by atoms with van der Waals surface area (Å²) in [4.78, 5) is 4.77. The number of hydrogen-bond acceptors (Lipinski definition) is 5. The Hall–Kier alpha value is 0.220. The molecule has 4 nitrogen and oxygen atoms in total. The third kappa shape index (κ3) is 3.12. The van der Waals surface area contributed by atoms with E-state index >= 15 is 0 Å². The van der Waals surface area contributed by atoms with Crippen molar-refractivity contribution in [2.75, 3.05) is 43.6 Å². The molecule has 0 spiro atoms. The van der Waals surface area contributed by atoms with Gasteiger partial charge in [-0.3, -0.25) is 9.80 Å². The molecule has 0 radical (unpaired) electrons. The van der Waals surface area contributed by atoms with E-state index < -0.39 is 9.84 Å². The fraction of sp³-hybridized carbons (Fsp3) is 1.00. The number of sulfone groups is 1. The predicted molar refractivity (Wildman–Crippen MR) is 68.7 cm³/mol. The van der Waals surface area contributed by atoms with Crippen molar-refractivity contribution < 1.29 is 8.42 Å². The van der Waals surface area contributed by atoms with E-state index in [0.717, 1.165) is 44.9 Å². The maximum Gasteiger partial charge on any atom is 0.150 e. The summed E-state index contributed by atoms with van der Waals surface area (Å²) >= 11 is 4.27. The number of nitrogens with zero attached hydrogens (tertiary/aromatic N) is 2. The van der Waals surface area contributed by atoms with Gasteiger partial charge in [0.25, 0.3) is 0 Å². The summed E-state index contributed by atoms with van der Waals surface area (Å²) in [6.45, 7) is 4.25. The van der Waals surface area contributed by atoms with Crippen LogP contribution in [0, 0.1) is 0 Å². The minimum absolute atomic E-state index is 0.379. The average Bonchev–Trinajstić information content (AvgIpc) is 2.29. The standard InChI is InChI=1S/C10H20N2O2S2/c13-16(14)7-1-10(2-8-16)12-5-3-11(9-15)4-6-12/h10,15H,1-9H2. The molecule has 0 atom stereocenters. The van der Waals surface area contributed by atoms with Crippen LogP contribution in [0.25, 0.3) is 0 Å². The molecule has 2 aliphatic rings. The molecule has 0 aliphatic carbocycles. The lowest BCUT2D eigenvalue weighted by atomic mass is 10.1. The summed E-state index contributed by atoms with van der Waals surface area (Å²) in [5.74, 6) is 1.59. The summed E-state index contributed by atoms with van der Waals surface area (Å²) in [6.07, 6.45) is 1.65. The summed E-state index contributed by atoms with van der Waals surface area (Å²) in [7, 11) is -2.72. The molecule has 2 saturated heterocycles. The van der Waals surface area contributed by atoms with E-state index in [9.17, 15) is 8.42 Å². The Labute approximate surface area is 103 Å². The normalized spacial score (nSPS) is 29.3. The van der Waals surface area contributed by atoms with Crippen molar-refractivity contribution >= 4 is 22.5 Å². The Morgan fingerprint density at radius 3 is 2.12 bits per heavy atom. The molecule has 0 amide bonds. The molecule has 0 bridgehead atoms. The summed E-state index contributed by atoms with van der Waals surface area (Å²) in [6, 6.07) is 0.491. The van der Waals surface area contributed by atoms with Gasteiger partial charge in [-0.1, -0.05) is 0 Å². The van der Waals surface area contributed by atoms with E-state index in [0.29, 0.717) is 17.5 Å². The Morgan fingerprint density at radius 2 is 1.62 bits per heavy atom. The molecule has 6 heteroatoms. The zero-order valence-corrected chi connectivity index (χ0v) is 11.2. The van der Waals surface area contributed by atoms with E-state index in [-0.39, 0.29) is 0 Å². The van der Waals surface area contributed by atoms with E-state index in [2.05, 4.69) is 22.4 Å². The molecule has 0 aromatic heterocycles. The Morgan fingerprint density at radius 1 is 1.06 bits per heavy atom. The van der Waals surface area contributed by atoms with Crippen molar-refractivity contribution in [1.29, 1.82) is 0 Å². The van der Waals surface area contributed by atoms with Gasteiger partial charge in [0.2, 0.25) is 0 Å². The minimum Gasteiger partial charge on any atom is -0.298 e. The van der Waals surface area contributed by atoms with Gasteiger partial charge in [-0.25, -0.2) is 8.42 Å². The molecule has 2 aliphatic heterocycles. The molecule has 0 N–H and O–H groups in total. The SMILES string of the molecule is O=S1(=O)CCC(N2CCN(CS)CC2)CC1. The van der Waals surface area contributed by atoms with Crippen molar-refractivity contribution in [3.8, 4) is 0 Å². The van der Waals surface area contributed by atoms with Gasteiger partial charge in [-0.15, -0.1) is 0 Å². The van der Waals surface area contributed by atoms with Crippen LogP contribution in [-0.4, -0.2) is 67.8 Å². The Balaban J connectivity index is 1.82. The first-order valence-electron chi connectivity index (χ1n) is 5.88. The van der Waals surface area contributed by atoms with Crippen molar-refractivity contribution in [3.63, 3.8) is 0 Å². The molecule has 2 fully saturated rings. The molecule has 0 aromatic rings. The topological polar surface area (TPSA) is 40.6 Å². The monoisotopic (exact) mass is 264 g/mol. The quantitative estimate of drug-likeness (QED) is 0.717. The van der Waals surface area contributed by atoms with Gasteiger partial charge in [0.15, 0.2) is 0 Å². The van der Waals surface area contributed by atoms with Gasteiger partial charge in [-0.2, -0.15) is 12.6 Å². The number of thiol groups is 1. The third-order valence-electron chi connectivity index (χ3n) is 3.65. The Kier molecular flexibility index (Phi) is 4.15. The summed E-state index contributed by atoms with van der Waals surface area (Å²) in [5.41, 5.74) is 0. The van der Waals surface area contributed by atoms with E-state index in [1.807, 2.05) is 0 Å². The van der Waals surface area contributed by atoms with Crippen LogP contribution in [0.1, 0.15) is 12.8 Å². The van der Waals surface area contributed by atoms with E-state index in [1.54, 1.807) is 0 Å². The smallest absolute Gasteiger partial charge is 0.150 e.